The smallest absolute Gasteiger partial charge is 0.200 e. The van der Waals surface area contributed by atoms with Crippen LogP contribution in [0.2, 0.25) is 16.6 Å². The van der Waals surface area contributed by atoms with Crippen LogP contribution in [0.5, 0.6) is 0 Å². The van der Waals surface area contributed by atoms with Gasteiger partial charge in [-0.2, -0.15) is 5.10 Å². The Hall–Kier alpha value is -3.69. The molecule has 0 bridgehead atoms. The number of nitrogens with zero attached hydrogens (tertiary/aromatic N) is 5. The highest BCUT2D eigenvalue weighted by Crippen LogP contribution is 2.42. The normalized spacial score (nSPS) is 12.3. The molecule has 5 aromatic rings. The second kappa shape index (κ2) is 12.0. The summed E-state index contributed by atoms with van der Waals surface area (Å²) in [7, 11) is -1.93. The standard InChI is InChI=1S/C32H39FN6OSi/c1-21(2)41(22(3)4,23(5)6)40-18-10-17-39-19-27(28(38-39)24-13-15-26(33)16-14-24)29-30-32(35-20-34-29)37-31(36-30)25-11-8-7-9-12-25/h7-9,11-16,19-23H,10,17-18H2,1-6H3,(H,34,35,36,37). The molecule has 0 spiro atoms. The number of hydrogen-bond donors (Lipinski definition) is 1. The molecular formula is C32H39FN6OSi. The number of aromatic nitrogens is 6. The van der Waals surface area contributed by atoms with Crippen molar-refractivity contribution >= 4 is 19.5 Å². The molecule has 0 saturated carbocycles. The number of nitrogens with one attached hydrogen (secondary N) is 1. The molecule has 214 valence electrons. The molecule has 2 aromatic carbocycles. The summed E-state index contributed by atoms with van der Waals surface area (Å²) < 4.78 is 22.5. The highest BCUT2D eigenvalue weighted by molar-refractivity contribution is 6.77. The molecule has 41 heavy (non-hydrogen) atoms. The van der Waals surface area contributed by atoms with Gasteiger partial charge in [-0.25, -0.2) is 19.3 Å². The molecule has 0 aliphatic carbocycles. The zero-order valence-corrected chi connectivity index (χ0v) is 25.7. The molecule has 5 rings (SSSR count). The van der Waals surface area contributed by atoms with E-state index < -0.39 is 8.32 Å². The van der Waals surface area contributed by atoms with E-state index in [2.05, 4.69) is 56.5 Å². The minimum absolute atomic E-state index is 0.287. The van der Waals surface area contributed by atoms with Crippen LogP contribution in [-0.2, 0) is 11.0 Å². The molecule has 3 heterocycles. The van der Waals surface area contributed by atoms with Crippen LogP contribution in [0.15, 0.2) is 67.1 Å². The first-order valence-corrected chi connectivity index (χ1v) is 16.6. The van der Waals surface area contributed by atoms with Gasteiger partial charge in [-0.1, -0.05) is 71.9 Å². The molecule has 0 unspecified atom stereocenters. The fourth-order valence-electron chi connectivity index (χ4n) is 6.27. The number of imidazole rings is 1. The van der Waals surface area contributed by atoms with Crippen LogP contribution >= 0.6 is 0 Å². The molecular weight excluding hydrogens is 531 g/mol. The third-order valence-corrected chi connectivity index (χ3v) is 14.2. The van der Waals surface area contributed by atoms with Crippen LogP contribution in [0.25, 0.3) is 45.1 Å². The van der Waals surface area contributed by atoms with E-state index in [4.69, 9.17) is 14.5 Å². The summed E-state index contributed by atoms with van der Waals surface area (Å²) in [6.07, 6.45) is 4.38. The lowest BCUT2D eigenvalue weighted by molar-refractivity contribution is 0.263. The Morgan fingerprint density at radius 2 is 1.54 bits per heavy atom. The maximum absolute atomic E-state index is 13.8. The SMILES string of the molecule is CC(C)[Si](OCCCn1cc(-c2ncnc3nc(-c4ccccc4)[nH]c23)c(-c2ccc(F)cc2)n1)(C(C)C)C(C)C. The Kier molecular flexibility index (Phi) is 8.47. The lowest BCUT2D eigenvalue weighted by Gasteiger charge is -2.42. The number of benzene rings is 2. The second-order valence-corrected chi connectivity index (χ2v) is 17.0. The van der Waals surface area contributed by atoms with E-state index in [1.807, 2.05) is 41.2 Å². The Morgan fingerprint density at radius 3 is 2.20 bits per heavy atom. The molecule has 9 heteroatoms. The average Bonchev–Trinajstić information content (AvgIpc) is 3.58. The fourth-order valence-corrected chi connectivity index (χ4v) is 11.8. The molecule has 0 radical (unpaired) electrons. The third-order valence-electron chi connectivity index (χ3n) is 8.06. The molecule has 3 aromatic heterocycles. The van der Waals surface area contributed by atoms with Gasteiger partial charge in [-0.15, -0.1) is 0 Å². The van der Waals surface area contributed by atoms with E-state index in [9.17, 15) is 4.39 Å². The topological polar surface area (TPSA) is 81.5 Å². The lowest BCUT2D eigenvalue weighted by atomic mass is 10.1. The van der Waals surface area contributed by atoms with Crippen molar-refractivity contribution in [1.29, 1.82) is 0 Å². The first kappa shape index (κ1) is 28.8. The van der Waals surface area contributed by atoms with Gasteiger partial charge in [0.1, 0.15) is 34.9 Å². The van der Waals surface area contributed by atoms with Crippen LogP contribution in [0.1, 0.15) is 48.0 Å². The van der Waals surface area contributed by atoms with Gasteiger partial charge in [0, 0.05) is 36.0 Å². The lowest BCUT2D eigenvalue weighted by Crippen LogP contribution is -2.48. The van der Waals surface area contributed by atoms with E-state index in [0.29, 0.717) is 41.1 Å². The van der Waals surface area contributed by atoms with Crippen molar-refractivity contribution in [2.45, 2.75) is 71.1 Å². The quantitative estimate of drug-likeness (QED) is 0.128. The maximum atomic E-state index is 13.8. The Balaban J connectivity index is 1.47. The summed E-state index contributed by atoms with van der Waals surface area (Å²) >= 11 is 0. The van der Waals surface area contributed by atoms with Crippen molar-refractivity contribution < 1.29 is 8.82 Å². The summed E-state index contributed by atoms with van der Waals surface area (Å²) in [4.78, 5) is 17.2. The Morgan fingerprint density at radius 1 is 0.854 bits per heavy atom. The van der Waals surface area contributed by atoms with Gasteiger partial charge in [0.25, 0.3) is 0 Å². The van der Waals surface area contributed by atoms with E-state index in [1.54, 1.807) is 12.1 Å². The van der Waals surface area contributed by atoms with Gasteiger partial charge >= 0.3 is 0 Å². The van der Waals surface area contributed by atoms with Gasteiger partial charge in [0.15, 0.2) is 14.0 Å². The van der Waals surface area contributed by atoms with Gasteiger partial charge in [-0.3, -0.25) is 4.68 Å². The number of aryl methyl sites for hydroxylation is 1. The molecule has 0 amide bonds. The van der Waals surface area contributed by atoms with Crippen molar-refractivity contribution in [3.63, 3.8) is 0 Å². The second-order valence-electron chi connectivity index (χ2n) is 11.6. The highest BCUT2D eigenvalue weighted by atomic mass is 28.4. The minimum atomic E-state index is -1.93. The van der Waals surface area contributed by atoms with E-state index in [-0.39, 0.29) is 5.82 Å². The monoisotopic (exact) mass is 570 g/mol. The average molecular weight is 571 g/mol. The predicted molar refractivity (Wildman–Crippen MR) is 165 cm³/mol. The minimum Gasteiger partial charge on any atom is -0.416 e. The number of rotatable bonds is 11. The molecule has 7 nitrogen and oxygen atoms in total. The maximum Gasteiger partial charge on any atom is 0.200 e. The van der Waals surface area contributed by atoms with E-state index >= 15 is 0 Å². The molecule has 0 aliphatic rings. The summed E-state index contributed by atoms with van der Waals surface area (Å²) in [6, 6.07) is 16.4. The molecule has 0 atom stereocenters. The van der Waals surface area contributed by atoms with Crippen molar-refractivity contribution in [3.8, 4) is 33.9 Å². The van der Waals surface area contributed by atoms with E-state index in [1.165, 1.54) is 18.5 Å². The van der Waals surface area contributed by atoms with Gasteiger partial charge < -0.3 is 9.41 Å². The summed E-state index contributed by atoms with van der Waals surface area (Å²) in [5.41, 5.74) is 7.00. The molecule has 1 N–H and O–H groups in total. The molecule has 0 fully saturated rings. The van der Waals surface area contributed by atoms with Crippen LogP contribution < -0.4 is 0 Å². The van der Waals surface area contributed by atoms with Crippen LogP contribution in [0, 0.1) is 5.82 Å². The van der Waals surface area contributed by atoms with Crippen LogP contribution in [0.3, 0.4) is 0 Å². The Labute approximate surface area is 242 Å². The Bertz CT molecular complexity index is 1570. The first-order chi connectivity index (χ1) is 19.7. The molecule has 0 saturated heterocycles. The predicted octanol–water partition coefficient (Wildman–Crippen LogP) is 8.27. The van der Waals surface area contributed by atoms with Crippen molar-refractivity contribution in [2.24, 2.45) is 0 Å². The zero-order chi connectivity index (χ0) is 29.1. The largest absolute Gasteiger partial charge is 0.416 e. The first-order valence-electron chi connectivity index (χ1n) is 14.4. The summed E-state index contributed by atoms with van der Waals surface area (Å²) in [5, 5.41) is 4.95. The number of H-pyrrole nitrogens is 1. The third kappa shape index (κ3) is 5.74. The summed E-state index contributed by atoms with van der Waals surface area (Å²) in [6.45, 7) is 15.2. The number of halogens is 1. The van der Waals surface area contributed by atoms with Crippen LogP contribution in [0.4, 0.5) is 4.39 Å². The van der Waals surface area contributed by atoms with Crippen LogP contribution in [-0.4, -0.2) is 44.6 Å². The van der Waals surface area contributed by atoms with Crippen molar-refractivity contribution in [3.05, 3.63) is 72.9 Å². The van der Waals surface area contributed by atoms with Crippen molar-refractivity contribution in [1.82, 2.24) is 29.7 Å². The van der Waals surface area contributed by atoms with E-state index in [0.717, 1.165) is 40.1 Å². The fraction of sp³-hybridized carbons (Fsp3) is 0.375. The highest BCUT2D eigenvalue weighted by Gasteiger charge is 2.44. The number of hydrogen-bond acceptors (Lipinski definition) is 5. The van der Waals surface area contributed by atoms with Gasteiger partial charge in [-0.05, 0) is 47.3 Å². The van der Waals surface area contributed by atoms with Gasteiger partial charge in [0.2, 0.25) is 0 Å². The summed E-state index contributed by atoms with van der Waals surface area (Å²) in [5.74, 6) is 0.439. The van der Waals surface area contributed by atoms with Crippen molar-refractivity contribution in [2.75, 3.05) is 6.61 Å². The molecule has 0 aliphatic heterocycles. The number of fused-ring (bicyclic) bond motifs is 1. The van der Waals surface area contributed by atoms with Gasteiger partial charge in [0.05, 0.1) is 0 Å². The zero-order valence-electron chi connectivity index (χ0n) is 24.7. The number of aromatic amines is 1.